The van der Waals surface area contributed by atoms with Crippen molar-refractivity contribution in [2.75, 3.05) is 39.8 Å². The summed E-state index contributed by atoms with van der Waals surface area (Å²) in [5, 5.41) is 6.68. The van der Waals surface area contributed by atoms with Crippen LogP contribution in [0.15, 0.2) is 29.3 Å². The van der Waals surface area contributed by atoms with Gasteiger partial charge < -0.3 is 15.5 Å². The highest BCUT2D eigenvalue weighted by molar-refractivity contribution is 5.79. The van der Waals surface area contributed by atoms with Crippen LogP contribution in [-0.4, -0.2) is 50.6 Å². The highest BCUT2D eigenvalue weighted by atomic mass is 19.1. The van der Waals surface area contributed by atoms with E-state index >= 15 is 0 Å². The van der Waals surface area contributed by atoms with Gasteiger partial charge >= 0.3 is 0 Å². The van der Waals surface area contributed by atoms with E-state index in [0.29, 0.717) is 0 Å². The lowest BCUT2D eigenvalue weighted by molar-refractivity contribution is 0.289. The van der Waals surface area contributed by atoms with Gasteiger partial charge in [-0.1, -0.05) is 25.0 Å². The van der Waals surface area contributed by atoms with Crippen LogP contribution in [0.4, 0.5) is 4.39 Å². The number of likely N-dealkylation sites (tertiary alicyclic amines) is 1. The molecule has 0 aromatic heterocycles. The first-order chi connectivity index (χ1) is 11.3. The van der Waals surface area contributed by atoms with Crippen molar-refractivity contribution < 1.29 is 4.39 Å². The number of hydrogen-bond donors (Lipinski definition) is 2. The Labute approximate surface area is 139 Å². The number of rotatable bonds is 6. The molecule has 1 saturated heterocycles. The molecule has 1 aliphatic heterocycles. The topological polar surface area (TPSA) is 39.7 Å². The minimum atomic E-state index is -0.187. The molecule has 1 heterocycles. The first-order valence-corrected chi connectivity index (χ1v) is 8.69. The predicted molar refractivity (Wildman–Crippen MR) is 94.4 cm³/mol. The maximum atomic E-state index is 12.9. The molecule has 1 aromatic rings. The summed E-state index contributed by atoms with van der Waals surface area (Å²) in [6.45, 7) is 5.21. The SMILES string of the molecule is CN=C(NCCc1ccc(F)cc1)NCCN1CCCCCC1. The second-order valence-electron chi connectivity index (χ2n) is 6.06. The molecule has 1 fully saturated rings. The molecular weight excluding hydrogens is 291 g/mol. The van der Waals surface area contributed by atoms with Crippen LogP contribution in [0, 0.1) is 5.82 Å². The Morgan fingerprint density at radius 2 is 1.70 bits per heavy atom. The van der Waals surface area contributed by atoms with Gasteiger partial charge in [-0.2, -0.15) is 0 Å². The number of nitrogens with one attached hydrogen (secondary N) is 2. The Morgan fingerprint density at radius 3 is 2.35 bits per heavy atom. The zero-order chi connectivity index (χ0) is 16.3. The molecule has 1 aliphatic rings. The molecule has 0 bridgehead atoms. The van der Waals surface area contributed by atoms with E-state index in [-0.39, 0.29) is 5.82 Å². The Morgan fingerprint density at radius 1 is 1.04 bits per heavy atom. The van der Waals surface area contributed by atoms with Gasteiger partial charge in [0.25, 0.3) is 0 Å². The average molecular weight is 320 g/mol. The van der Waals surface area contributed by atoms with Crippen LogP contribution >= 0.6 is 0 Å². The van der Waals surface area contributed by atoms with Crippen molar-refractivity contribution in [3.8, 4) is 0 Å². The van der Waals surface area contributed by atoms with Crippen molar-refractivity contribution in [2.24, 2.45) is 4.99 Å². The fraction of sp³-hybridized carbons (Fsp3) is 0.611. The van der Waals surface area contributed by atoms with Gasteiger partial charge in [0.15, 0.2) is 5.96 Å². The summed E-state index contributed by atoms with van der Waals surface area (Å²) >= 11 is 0. The van der Waals surface area contributed by atoms with E-state index in [4.69, 9.17) is 0 Å². The van der Waals surface area contributed by atoms with Crippen molar-refractivity contribution in [3.05, 3.63) is 35.6 Å². The summed E-state index contributed by atoms with van der Waals surface area (Å²) in [6.07, 6.45) is 6.25. The third-order valence-corrected chi connectivity index (χ3v) is 4.26. The first-order valence-electron chi connectivity index (χ1n) is 8.69. The summed E-state index contributed by atoms with van der Waals surface area (Å²) < 4.78 is 12.9. The molecule has 0 amide bonds. The van der Waals surface area contributed by atoms with E-state index in [1.54, 1.807) is 7.05 Å². The lowest BCUT2D eigenvalue weighted by atomic mass is 10.1. The van der Waals surface area contributed by atoms with Crippen molar-refractivity contribution in [1.29, 1.82) is 0 Å². The molecule has 0 unspecified atom stereocenters. The largest absolute Gasteiger partial charge is 0.356 e. The van der Waals surface area contributed by atoms with E-state index in [2.05, 4.69) is 20.5 Å². The smallest absolute Gasteiger partial charge is 0.191 e. The Hall–Kier alpha value is -1.62. The highest BCUT2D eigenvalue weighted by Gasteiger charge is 2.08. The summed E-state index contributed by atoms with van der Waals surface area (Å²) in [6, 6.07) is 6.66. The fourth-order valence-corrected chi connectivity index (χ4v) is 2.89. The number of hydrogen-bond acceptors (Lipinski definition) is 2. The van der Waals surface area contributed by atoms with Crippen LogP contribution < -0.4 is 10.6 Å². The van der Waals surface area contributed by atoms with Crippen molar-refractivity contribution >= 4 is 5.96 Å². The van der Waals surface area contributed by atoms with Gasteiger partial charge in [0.1, 0.15) is 5.82 Å². The molecule has 0 spiro atoms. The normalized spacial score (nSPS) is 16.9. The molecule has 128 valence electrons. The first kappa shape index (κ1) is 17.7. The van der Waals surface area contributed by atoms with Crippen LogP contribution in [0.25, 0.3) is 0 Å². The van der Waals surface area contributed by atoms with Crippen molar-refractivity contribution in [1.82, 2.24) is 15.5 Å². The molecular formula is C18H29FN4. The zero-order valence-corrected chi connectivity index (χ0v) is 14.2. The average Bonchev–Trinajstić information content (AvgIpc) is 2.84. The number of nitrogens with zero attached hydrogens (tertiary/aromatic N) is 2. The van der Waals surface area contributed by atoms with Gasteiger partial charge in [0, 0.05) is 26.7 Å². The third kappa shape index (κ3) is 6.99. The molecule has 0 radical (unpaired) electrons. The van der Waals surface area contributed by atoms with Gasteiger partial charge in [-0.05, 0) is 50.0 Å². The molecule has 5 heteroatoms. The molecule has 0 saturated carbocycles. The number of aliphatic imine (C=N–C) groups is 1. The maximum absolute atomic E-state index is 12.9. The Bertz CT molecular complexity index is 464. The molecule has 23 heavy (non-hydrogen) atoms. The quantitative estimate of drug-likeness (QED) is 0.625. The van der Waals surface area contributed by atoms with Crippen LogP contribution in [0.5, 0.6) is 0 Å². The summed E-state index contributed by atoms with van der Waals surface area (Å²) in [4.78, 5) is 6.78. The highest BCUT2D eigenvalue weighted by Crippen LogP contribution is 2.08. The van der Waals surface area contributed by atoms with Crippen LogP contribution in [0.3, 0.4) is 0 Å². The molecule has 1 aromatic carbocycles. The Balaban J connectivity index is 1.62. The monoisotopic (exact) mass is 320 g/mol. The second-order valence-corrected chi connectivity index (χ2v) is 6.06. The lowest BCUT2D eigenvalue weighted by Crippen LogP contribution is -2.42. The van der Waals surface area contributed by atoms with Gasteiger partial charge in [0.05, 0.1) is 0 Å². The van der Waals surface area contributed by atoms with E-state index in [0.717, 1.165) is 37.6 Å². The lowest BCUT2D eigenvalue weighted by Gasteiger charge is -2.20. The van der Waals surface area contributed by atoms with Gasteiger partial charge in [-0.3, -0.25) is 4.99 Å². The number of halogens is 1. The molecule has 4 nitrogen and oxygen atoms in total. The summed E-state index contributed by atoms with van der Waals surface area (Å²) in [5.74, 6) is 0.648. The molecule has 2 rings (SSSR count). The maximum Gasteiger partial charge on any atom is 0.191 e. The van der Waals surface area contributed by atoms with Crippen molar-refractivity contribution in [3.63, 3.8) is 0 Å². The summed E-state index contributed by atoms with van der Waals surface area (Å²) in [5.41, 5.74) is 1.12. The minimum absolute atomic E-state index is 0.187. The summed E-state index contributed by atoms with van der Waals surface area (Å²) in [7, 11) is 1.79. The predicted octanol–water partition coefficient (Wildman–Crippen LogP) is 2.41. The van der Waals surface area contributed by atoms with E-state index in [1.165, 1.54) is 50.9 Å². The van der Waals surface area contributed by atoms with E-state index in [9.17, 15) is 4.39 Å². The van der Waals surface area contributed by atoms with Gasteiger partial charge in [0.2, 0.25) is 0 Å². The van der Waals surface area contributed by atoms with Gasteiger partial charge in [-0.25, -0.2) is 4.39 Å². The molecule has 2 N–H and O–H groups in total. The molecule has 0 atom stereocenters. The fourth-order valence-electron chi connectivity index (χ4n) is 2.89. The van der Waals surface area contributed by atoms with E-state index < -0.39 is 0 Å². The number of guanidine groups is 1. The third-order valence-electron chi connectivity index (χ3n) is 4.26. The molecule has 0 aliphatic carbocycles. The Kier molecular flexibility index (Phi) is 7.87. The zero-order valence-electron chi connectivity index (χ0n) is 14.2. The van der Waals surface area contributed by atoms with Crippen LogP contribution in [0.2, 0.25) is 0 Å². The van der Waals surface area contributed by atoms with Crippen molar-refractivity contribution in [2.45, 2.75) is 32.1 Å². The van der Waals surface area contributed by atoms with Gasteiger partial charge in [-0.15, -0.1) is 0 Å². The number of benzene rings is 1. The van der Waals surface area contributed by atoms with E-state index in [1.807, 2.05) is 12.1 Å². The standard InChI is InChI=1S/C18H29FN4/c1-20-18(21-11-10-16-6-8-17(19)9-7-16)22-12-15-23-13-4-2-3-5-14-23/h6-9H,2-5,10-15H2,1H3,(H2,20,21,22). The van der Waals surface area contributed by atoms with Crippen LogP contribution in [-0.2, 0) is 6.42 Å². The minimum Gasteiger partial charge on any atom is -0.356 e. The second kappa shape index (κ2) is 10.2. The van der Waals surface area contributed by atoms with Crippen LogP contribution in [0.1, 0.15) is 31.2 Å².